The summed E-state index contributed by atoms with van der Waals surface area (Å²) in [4.78, 5) is 5.67. The Morgan fingerprint density at radius 2 is 1.95 bits per heavy atom. The van der Waals surface area contributed by atoms with E-state index in [0.29, 0.717) is 6.61 Å². The van der Waals surface area contributed by atoms with E-state index in [2.05, 4.69) is 37.9 Å². The van der Waals surface area contributed by atoms with Crippen LogP contribution in [0.2, 0.25) is 0 Å². The first kappa shape index (κ1) is 15.0. The number of aryl methyl sites for hydroxylation is 3. The van der Waals surface area contributed by atoms with Crippen LogP contribution in [0.1, 0.15) is 45.2 Å². The molecule has 2 N–H and O–H groups in total. The molecule has 0 saturated carbocycles. The van der Waals surface area contributed by atoms with Crippen molar-refractivity contribution in [3.05, 3.63) is 44.4 Å². The highest BCUT2D eigenvalue weighted by molar-refractivity contribution is 7.11. The minimum atomic E-state index is 0.0317. The fourth-order valence-electron chi connectivity index (χ4n) is 2.24. The summed E-state index contributed by atoms with van der Waals surface area (Å²) < 4.78 is 5.94. The van der Waals surface area contributed by atoms with Gasteiger partial charge in [-0.1, -0.05) is 6.07 Å². The summed E-state index contributed by atoms with van der Waals surface area (Å²) >= 11 is 1.64. The van der Waals surface area contributed by atoms with Crippen LogP contribution >= 0.6 is 11.3 Å². The Kier molecular flexibility index (Phi) is 4.45. The number of thiazole rings is 1. The van der Waals surface area contributed by atoms with Crippen molar-refractivity contribution in [2.75, 3.05) is 0 Å². The smallest absolute Gasteiger partial charge is 0.140 e. The quantitative estimate of drug-likeness (QED) is 0.926. The van der Waals surface area contributed by atoms with Gasteiger partial charge >= 0.3 is 0 Å². The molecule has 0 bridgehead atoms. The van der Waals surface area contributed by atoms with Gasteiger partial charge in [0, 0.05) is 10.9 Å². The summed E-state index contributed by atoms with van der Waals surface area (Å²) in [6, 6.07) is 4.28. The van der Waals surface area contributed by atoms with Crippen LogP contribution in [0.3, 0.4) is 0 Å². The minimum Gasteiger partial charge on any atom is -0.486 e. The molecule has 0 fully saturated rings. The standard InChI is InChI=1S/C16H22N2OS/c1-9-6-10(2)11(3)14(7-9)19-8-15-18-13(5)16(20-15)12(4)17/h6-7,12H,8,17H2,1-5H3. The molecule has 0 spiro atoms. The highest BCUT2D eigenvalue weighted by atomic mass is 32.1. The Labute approximate surface area is 124 Å². The Bertz CT molecular complexity index is 617. The Morgan fingerprint density at radius 1 is 1.25 bits per heavy atom. The SMILES string of the molecule is Cc1cc(C)c(C)c(OCc2nc(C)c(C(C)N)s2)c1. The molecule has 20 heavy (non-hydrogen) atoms. The van der Waals surface area contributed by atoms with Crippen molar-refractivity contribution in [2.45, 2.75) is 47.3 Å². The molecule has 1 unspecified atom stereocenters. The fourth-order valence-corrected chi connectivity index (χ4v) is 3.17. The van der Waals surface area contributed by atoms with Crippen LogP contribution in [0.15, 0.2) is 12.1 Å². The second-order valence-electron chi connectivity index (χ2n) is 5.34. The molecular weight excluding hydrogens is 268 g/mol. The van der Waals surface area contributed by atoms with Gasteiger partial charge in [0.05, 0.1) is 5.69 Å². The third kappa shape index (κ3) is 3.19. The van der Waals surface area contributed by atoms with Crippen molar-refractivity contribution in [1.29, 1.82) is 0 Å². The third-order valence-corrected chi connectivity index (χ3v) is 4.74. The molecule has 0 amide bonds. The largest absolute Gasteiger partial charge is 0.486 e. The molecular formula is C16H22N2OS. The normalized spacial score (nSPS) is 12.5. The van der Waals surface area contributed by atoms with Gasteiger partial charge in [-0.3, -0.25) is 0 Å². The lowest BCUT2D eigenvalue weighted by Gasteiger charge is -2.11. The van der Waals surface area contributed by atoms with Gasteiger partial charge < -0.3 is 10.5 Å². The molecule has 2 rings (SSSR count). The predicted molar refractivity (Wildman–Crippen MR) is 84.4 cm³/mol. The Morgan fingerprint density at radius 3 is 2.55 bits per heavy atom. The monoisotopic (exact) mass is 290 g/mol. The maximum Gasteiger partial charge on any atom is 0.140 e. The van der Waals surface area contributed by atoms with Crippen LogP contribution in [-0.2, 0) is 6.61 Å². The van der Waals surface area contributed by atoms with Crippen molar-refractivity contribution in [3.63, 3.8) is 0 Å². The second-order valence-corrected chi connectivity index (χ2v) is 6.45. The Balaban J connectivity index is 2.15. The molecule has 0 aliphatic heterocycles. The van der Waals surface area contributed by atoms with E-state index < -0.39 is 0 Å². The van der Waals surface area contributed by atoms with Crippen LogP contribution in [0.5, 0.6) is 5.75 Å². The molecule has 2 aromatic rings. The van der Waals surface area contributed by atoms with E-state index in [-0.39, 0.29) is 6.04 Å². The van der Waals surface area contributed by atoms with E-state index in [1.165, 1.54) is 16.7 Å². The van der Waals surface area contributed by atoms with Gasteiger partial charge in [-0.05, 0) is 57.4 Å². The number of ether oxygens (including phenoxy) is 1. The molecule has 0 saturated heterocycles. The Hall–Kier alpha value is -1.39. The van der Waals surface area contributed by atoms with Gasteiger partial charge in [0.2, 0.25) is 0 Å². The number of nitrogens with zero attached hydrogens (tertiary/aromatic N) is 1. The van der Waals surface area contributed by atoms with Crippen molar-refractivity contribution in [1.82, 2.24) is 4.98 Å². The van der Waals surface area contributed by atoms with Crippen molar-refractivity contribution in [2.24, 2.45) is 5.73 Å². The lowest BCUT2D eigenvalue weighted by molar-refractivity contribution is 0.303. The maximum atomic E-state index is 5.94. The third-order valence-electron chi connectivity index (χ3n) is 3.41. The molecule has 4 heteroatoms. The minimum absolute atomic E-state index is 0.0317. The molecule has 0 radical (unpaired) electrons. The highest BCUT2D eigenvalue weighted by Crippen LogP contribution is 2.27. The molecule has 1 aromatic heterocycles. The van der Waals surface area contributed by atoms with Gasteiger partial charge in [-0.2, -0.15) is 0 Å². The number of hydrogen-bond acceptors (Lipinski definition) is 4. The van der Waals surface area contributed by atoms with Crippen LogP contribution in [0, 0.1) is 27.7 Å². The van der Waals surface area contributed by atoms with E-state index in [1.807, 2.05) is 13.8 Å². The van der Waals surface area contributed by atoms with Crippen molar-refractivity contribution < 1.29 is 4.74 Å². The van der Waals surface area contributed by atoms with Gasteiger partial charge in [0.1, 0.15) is 17.4 Å². The fraction of sp³-hybridized carbons (Fsp3) is 0.438. The molecule has 0 aliphatic rings. The van der Waals surface area contributed by atoms with E-state index in [1.54, 1.807) is 11.3 Å². The highest BCUT2D eigenvalue weighted by Gasteiger charge is 2.12. The second kappa shape index (κ2) is 5.94. The number of benzene rings is 1. The summed E-state index contributed by atoms with van der Waals surface area (Å²) in [5.74, 6) is 0.942. The van der Waals surface area contributed by atoms with Crippen LogP contribution in [0.4, 0.5) is 0 Å². The molecule has 1 aromatic carbocycles. The first-order valence-corrected chi connectivity index (χ1v) is 7.62. The zero-order valence-corrected chi connectivity index (χ0v) is 13.6. The maximum absolute atomic E-state index is 5.94. The number of nitrogens with two attached hydrogens (primary N) is 1. The van der Waals surface area contributed by atoms with Gasteiger partial charge in [-0.25, -0.2) is 4.98 Å². The topological polar surface area (TPSA) is 48.1 Å². The lowest BCUT2D eigenvalue weighted by atomic mass is 10.1. The van der Waals surface area contributed by atoms with Gasteiger partial charge in [-0.15, -0.1) is 11.3 Å². The van der Waals surface area contributed by atoms with E-state index in [0.717, 1.165) is 21.3 Å². The molecule has 3 nitrogen and oxygen atoms in total. The molecule has 1 atom stereocenters. The van der Waals surface area contributed by atoms with Gasteiger partial charge in [0.25, 0.3) is 0 Å². The lowest BCUT2D eigenvalue weighted by Crippen LogP contribution is -2.03. The zero-order chi connectivity index (χ0) is 14.9. The van der Waals surface area contributed by atoms with E-state index >= 15 is 0 Å². The number of aromatic nitrogens is 1. The van der Waals surface area contributed by atoms with E-state index in [4.69, 9.17) is 10.5 Å². The predicted octanol–water partition coefficient (Wildman–Crippen LogP) is 3.98. The van der Waals surface area contributed by atoms with Crippen LogP contribution in [-0.4, -0.2) is 4.98 Å². The summed E-state index contributed by atoms with van der Waals surface area (Å²) in [5.41, 5.74) is 10.6. The van der Waals surface area contributed by atoms with Crippen LogP contribution in [0.25, 0.3) is 0 Å². The summed E-state index contributed by atoms with van der Waals surface area (Å²) in [5, 5.41) is 0.980. The first-order chi connectivity index (χ1) is 9.38. The number of rotatable bonds is 4. The van der Waals surface area contributed by atoms with E-state index in [9.17, 15) is 0 Å². The zero-order valence-electron chi connectivity index (χ0n) is 12.8. The first-order valence-electron chi connectivity index (χ1n) is 6.81. The summed E-state index contributed by atoms with van der Waals surface area (Å²) in [7, 11) is 0. The summed E-state index contributed by atoms with van der Waals surface area (Å²) in [6.45, 7) is 10.8. The average molecular weight is 290 g/mol. The average Bonchev–Trinajstić information content (AvgIpc) is 2.73. The van der Waals surface area contributed by atoms with Crippen LogP contribution < -0.4 is 10.5 Å². The molecule has 1 heterocycles. The molecule has 0 aliphatic carbocycles. The summed E-state index contributed by atoms with van der Waals surface area (Å²) in [6.07, 6.45) is 0. The molecule has 108 valence electrons. The van der Waals surface area contributed by atoms with Crippen molar-refractivity contribution >= 4 is 11.3 Å². The van der Waals surface area contributed by atoms with Gasteiger partial charge in [0.15, 0.2) is 0 Å². The number of hydrogen-bond donors (Lipinski definition) is 1. The van der Waals surface area contributed by atoms with Crippen molar-refractivity contribution in [3.8, 4) is 5.75 Å².